The fourth-order valence-electron chi connectivity index (χ4n) is 2.12. The van der Waals surface area contributed by atoms with Crippen molar-refractivity contribution < 1.29 is 18.7 Å². The van der Waals surface area contributed by atoms with Gasteiger partial charge in [0.1, 0.15) is 11.8 Å². The standard InChI is InChI=1S/C17H19ClN2O4/c1-10(2)15(20-16(21)14-5-4-8-24-14)17(22)19-11-6-7-13(23-3)12(18)9-11/h4-10,15H,1-3H3,(H,19,22)(H,20,21). The summed E-state index contributed by atoms with van der Waals surface area (Å²) in [5, 5.41) is 5.80. The van der Waals surface area contributed by atoms with Crippen molar-refractivity contribution in [3.05, 3.63) is 47.4 Å². The lowest BCUT2D eigenvalue weighted by Gasteiger charge is -2.21. The molecule has 1 atom stereocenters. The third-order valence-corrected chi connectivity index (χ3v) is 3.70. The summed E-state index contributed by atoms with van der Waals surface area (Å²) < 4.78 is 10.1. The van der Waals surface area contributed by atoms with Gasteiger partial charge in [-0.15, -0.1) is 0 Å². The van der Waals surface area contributed by atoms with Crippen LogP contribution in [0.4, 0.5) is 5.69 Å². The van der Waals surface area contributed by atoms with Crippen LogP contribution >= 0.6 is 11.6 Å². The SMILES string of the molecule is COc1ccc(NC(=O)C(NC(=O)c2ccco2)C(C)C)cc1Cl. The molecule has 2 rings (SSSR count). The first-order valence-electron chi connectivity index (χ1n) is 7.41. The number of amides is 2. The van der Waals surface area contributed by atoms with Gasteiger partial charge in [0, 0.05) is 5.69 Å². The number of furan rings is 1. The molecule has 1 unspecified atom stereocenters. The van der Waals surface area contributed by atoms with Crippen molar-refractivity contribution in [2.75, 3.05) is 12.4 Å². The van der Waals surface area contributed by atoms with Crippen LogP contribution in [0.2, 0.25) is 5.02 Å². The highest BCUT2D eigenvalue weighted by molar-refractivity contribution is 6.32. The van der Waals surface area contributed by atoms with E-state index < -0.39 is 11.9 Å². The molecule has 0 radical (unpaired) electrons. The van der Waals surface area contributed by atoms with Crippen LogP contribution in [0.15, 0.2) is 41.0 Å². The van der Waals surface area contributed by atoms with Crippen molar-refractivity contribution in [1.29, 1.82) is 0 Å². The van der Waals surface area contributed by atoms with Crippen molar-refractivity contribution in [3.63, 3.8) is 0 Å². The minimum Gasteiger partial charge on any atom is -0.495 e. The minimum atomic E-state index is -0.719. The molecule has 0 aliphatic rings. The van der Waals surface area contributed by atoms with E-state index in [4.69, 9.17) is 20.8 Å². The van der Waals surface area contributed by atoms with Crippen LogP contribution in [0.1, 0.15) is 24.4 Å². The van der Waals surface area contributed by atoms with E-state index in [9.17, 15) is 9.59 Å². The fourth-order valence-corrected chi connectivity index (χ4v) is 2.38. The first-order valence-corrected chi connectivity index (χ1v) is 7.79. The smallest absolute Gasteiger partial charge is 0.287 e. The molecule has 0 aliphatic heterocycles. The second-order valence-corrected chi connectivity index (χ2v) is 5.92. The number of methoxy groups -OCH3 is 1. The predicted octanol–water partition coefficient (Wildman–Crippen LogP) is 3.33. The summed E-state index contributed by atoms with van der Waals surface area (Å²) in [6.45, 7) is 3.68. The van der Waals surface area contributed by atoms with Crippen molar-refractivity contribution in [3.8, 4) is 5.75 Å². The molecule has 128 valence electrons. The van der Waals surface area contributed by atoms with Gasteiger partial charge in [-0.25, -0.2) is 0 Å². The molecule has 0 aliphatic carbocycles. The molecule has 2 amide bonds. The Kier molecular flexibility index (Phi) is 5.87. The number of benzene rings is 1. The largest absolute Gasteiger partial charge is 0.495 e. The number of carbonyl (C=O) groups is 2. The van der Waals surface area contributed by atoms with Crippen LogP contribution in [0.5, 0.6) is 5.75 Å². The maximum atomic E-state index is 12.5. The van der Waals surface area contributed by atoms with E-state index in [1.165, 1.54) is 19.4 Å². The average Bonchev–Trinajstić information content (AvgIpc) is 3.06. The lowest BCUT2D eigenvalue weighted by atomic mass is 10.0. The molecule has 0 saturated carbocycles. The van der Waals surface area contributed by atoms with E-state index >= 15 is 0 Å². The summed E-state index contributed by atoms with van der Waals surface area (Å²) in [5.74, 6) is -0.229. The Morgan fingerprint density at radius 1 is 1.25 bits per heavy atom. The van der Waals surface area contributed by atoms with Crippen molar-refractivity contribution >= 4 is 29.1 Å². The van der Waals surface area contributed by atoms with Gasteiger partial charge in [0.25, 0.3) is 5.91 Å². The molecule has 1 aromatic heterocycles. The number of hydrogen-bond donors (Lipinski definition) is 2. The molecule has 6 nitrogen and oxygen atoms in total. The van der Waals surface area contributed by atoms with Gasteiger partial charge in [0.2, 0.25) is 5.91 Å². The van der Waals surface area contributed by atoms with E-state index in [-0.39, 0.29) is 17.6 Å². The van der Waals surface area contributed by atoms with Crippen LogP contribution < -0.4 is 15.4 Å². The molecule has 0 spiro atoms. The first kappa shape index (κ1) is 17.9. The molecular weight excluding hydrogens is 332 g/mol. The van der Waals surface area contributed by atoms with E-state index in [0.717, 1.165) is 0 Å². The van der Waals surface area contributed by atoms with E-state index in [2.05, 4.69) is 10.6 Å². The van der Waals surface area contributed by atoms with Gasteiger partial charge in [-0.05, 0) is 36.2 Å². The maximum absolute atomic E-state index is 12.5. The molecule has 2 aromatic rings. The van der Waals surface area contributed by atoms with Crippen molar-refractivity contribution in [2.24, 2.45) is 5.92 Å². The normalized spacial score (nSPS) is 11.9. The molecule has 0 fully saturated rings. The summed E-state index contributed by atoms with van der Waals surface area (Å²) in [6.07, 6.45) is 1.40. The third kappa shape index (κ3) is 4.29. The van der Waals surface area contributed by atoms with Crippen LogP contribution in [0.3, 0.4) is 0 Å². The molecule has 1 aromatic carbocycles. The highest BCUT2D eigenvalue weighted by Gasteiger charge is 2.25. The molecule has 0 saturated heterocycles. The third-order valence-electron chi connectivity index (χ3n) is 3.40. The van der Waals surface area contributed by atoms with E-state index in [1.807, 2.05) is 13.8 Å². The zero-order valence-corrected chi connectivity index (χ0v) is 14.4. The second kappa shape index (κ2) is 7.88. The zero-order valence-electron chi connectivity index (χ0n) is 13.6. The molecular formula is C17H19ClN2O4. The first-order chi connectivity index (χ1) is 11.4. The Bertz CT molecular complexity index is 713. The number of halogens is 1. The highest BCUT2D eigenvalue weighted by atomic mass is 35.5. The Balaban J connectivity index is 2.09. The van der Waals surface area contributed by atoms with Gasteiger partial charge in [-0.1, -0.05) is 25.4 Å². The predicted molar refractivity (Wildman–Crippen MR) is 91.4 cm³/mol. The van der Waals surface area contributed by atoms with Crippen LogP contribution in [0, 0.1) is 5.92 Å². The Morgan fingerprint density at radius 3 is 2.54 bits per heavy atom. The maximum Gasteiger partial charge on any atom is 0.287 e. The Morgan fingerprint density at radius 2 is 2.00 bits per heavy atom. The van der Waals surface area contributed by atoms with Crippen molar-refractivity contribution in [2.45, 2.75) is 19.9 Å². The average molecular weight is 351 g/mol. The molecule has 2 N–H and O–H groups in total. The van der Waals surface area contributed by atoms with E-state index in [1.54, 1.807) is 24.3 Å². The molecule has 24 heavy (non-hydrogen) atoms. The summed E-state index contributed by atoms with van der Waals surface area (Å²) >= 11 is 6.05. The summed E-state index contributed by atoms with van der Waals surface area (Å²) in [4.78, 5) is 24.6. The monoisotopic (exact) mass is 350 g/mol. The van der Waals surface area contributed by atoms with Crippen molar-refractivity contribution in [1.82, 2.24) is 5.32 Å². The number of carbonyl (C=O) groups excluding carboxylic acids is 2. The van der Waals surface area contributed by atoms with Gasteiger partial charge in [0.15, 0.2) is 5.76 Å². The van der Waals surface area contributed by atoms with Gasteiger partial charge >= 0.3 is 0 Å². The summed E-state index contributed by atoms with van der Waals surface area (Å²) in [7, 11) is 1.51. The topological polar surface area (TPSA) is 80.6 Å². The highest BCUT2D eigenvalue weighted by Crippen LogP contribution is 2.27. The van der Waals surface area contributed by atoms with E-state index in [0.29, 0.717) is 16.5 Å². The Labute approximate surface area is 145 Å². The molecule has 1 heterocycles. The number of anilines is 1. The minimum absolute atomic E-state index is 0.113. The fraction of sp³-hybridized carbons (Fsp3) is 0.294. The van der Waals surface area contributed by atoms with Crippen LogP contribution in [0.25, 0.3) is 0 Å². The zero-order chi connectivity index (χ0) is 17.7. The van der Waals surface area contributed by atoms with Gasteiger partial charge < -0.3 is 19.8 Å². The second-order valence-electron chi connectivity index (χ2n) is 5.51. The number of ether oxygens (including phenoxy) is 1. The van der Waals surface area contributed by atoms with Crippen LogP contribution in [-0.2, 0) is 4.79 Å². The number of hydrogen-bond acceptors (Lipinski definition) is 4. The number of nitrogens with one attached hydrogen (secondary N) is 2. The number of rotatable bonds is 6. The lowest BCUT2D eigenvalue weighted by Crippen LogP contribution is -2.47. The molecule has 7 heteroatoms. The Hall–Kier alpha value is -2.47. The quantitative estimate of drug-likeness (QED) is 0.837. The van der Waals surface area contributed by atoms with Gasteiger partial charge in [0.05, 0.1) is 18.4 Å². The summed E-state index contributed by atoms with van der Waals surface area (Å²) in [6, 6.07) is 7.35. The van der Waals surface area contributed by atoms with Gasteiger partial charge in [-0.2, -0.15) is 0 Å². The summed E-state index contributed by atoms with van der Waals surface area (Å²) in [5.41, 5.74) is 0.517. The van der Waals surface area contributed by atoms with Gasteiger partial charge in [-0.3, -0.25) is 9.59 Å². The lowest BCUT2D eigenvalue weighted by molar-refractivity contribution is -0.118. The van der Waals surface area contributed by atoms with Crippen LogP contribution in [-0.4, -0.2) is 25.0 Å². The molecule has 0 bridgehead atoms.